The van der Waals surface area contributed by atoms with Crippen LogP contribution in [0.1, 0.15) is 17.2 Å². The van der Waals surface area contributed by atoms with E-state index < -0.39 is 11.9 Å². The Morgan fingerprint density at radius 2 is 1.89 bits per heavy atom. The molecule has 0 heterocycles. The zero-order valence-electron chi connectivity index (χ0n) is 10.6. The van der Waals surface area contributed by atoms with Crippen LogP contribution in [0.5, 0.6) is 0 Å². The zero-order chi connectivity index (χ0) is 13.8. The quantitative estimate of drug-likeness (QED) is 0.899. The summed E-state index contributed by atoms with van der Waals surface area (Å²) >= 11 is 5.83. The van der Waals surface area contributed by atoms with Gasteiger partial charge in [0.05, 0.1) is 0 Å². The van der Waals surface area contributed by atoms with Crippen molar-refractivity contribution in [2.24, 2.45) is 5.73 Å². The molecule has 19 heavy (non-hydrogen) atoms. The fourth-order valence-corrected chi connectivity index (χ4v) is 2.01. The zero-order valence-corrected chi connectivity index (χ0v) is 11.3. The molecule has 0 saturated carbocycles. The molecule has 4 heteroatoms. The fourth-order valence-electron chi connectivity index (χ4n) is 1.88. The first-order valence-corrected chi connectivity index (χ1v) is 6.32. The summed E-state index contributed by atoms with van der Waals surface area (Å²) in [6.45, 7) is 1.98. The molecule has 0 aliphatic carbocycles. The minimum Gasteiger partial charge on any atom is -0.370 e. The predicted octanol–water partition coefficient (Wildman–Crippen LogP) is 3.29. The normalized spacial score (nSPS) is 11.9. The van der Waals surface area contributed by atoms with E-state index >= 15 is 0 Å². The highest BCUT2D eigenvalue weighted by atomic mass is 35.5. The third kappa shape index (κ3) is 3.48. The first-order chi connectivity index (χ1) is 9.06. The van der Waals surface area contributed by atoms with Gasteiger partial charge in [-0.2, -0.15) is 0 Å². The van der Waals surface area contributed by atoms with Gasteiger partial charge >= 0.3 is 0 Å². The van der Waals surface area contributed by atoms with Gasteiger partial charge in [-0.15, -0.1) is 0 Å². The number of anilines is 1. The third-order valence-corrected chi connectivity index (χ3v) is 3.07. The van der Waals surface area contributed by atoms with Crippen molar-refractivity contribution in [3.8, 4) is 0 Å². The Morgan fingerprint density at radius 1 is 1.21 bits per heavy atom. The maximum Gasteiger partial charge on any atom is 0.244 e. The summed E-state index contributed by atoms with van der Waals surface area (Å²) in [6, 6.07) is 14.3. The van der Waals surface area contributed by atoms with Crippen LogP contribution >= 0.6 is 11.6 Å². The van der Waals surface area contributed by atoms with E-state index in [0.29, 0.717) is 5.02 Å². The van der Waals surface area contributed by atoms with Gasteiger partial charge in [0.1, 0.15) is 6.04 Å². The van der Waals surface area contributed by atoms with E-state index in [4.69, 9.17) is 17.3 Å². The number of nitrogens with two attached hydrogens (primary N) is 1. The molecule has 0 aliphatic heterocycles. The molecule has 0 radical (unpaired) electrons. The highest BCUT2D eigenvalue weighted by molar-refractivity contribution is 6.30. The summed E-state index contributed by atoms with van der Waals surface area (Å²) in [4.78, 5) is 11.6. The van der Waals surface area contributed by atoms with Crippen LogP contribution in [-0.2, 0) is 4.79 Å². The SMILES string of the molecule is Cc1cccc(C(Nc2ccc(Cl)cc2)C(N)=O)c1. The Morgan fingerprint density at radius 3 is 2.47 bits per heavy atom. The van der Waals surface area contributed by atoms with Gasteiger partial charge in [-0.05, 0) is 36.8 Å². The number of hydrogen-bond acceptors (Lipinski definition) is 2. The van der Waals surface area contributed by atoms with Crippen LogP contribution in [0.4, 0.5) is 5.69 Å². The summed E-state index contributed by atoms with van der Waals surface area (Å²) < 4.78 is 0. The largest absolute Gasteiger partial charge is 0.370 e. The van der Waals surface area contributed by atoms with E-state index in [1.807, 2.05) is 43.3 Å². The standard InChI is InChI=1S/C15H15ClN2O/c1-10-3-2-4-11(9-10)14(15(17)19)18-13-7-5-12(16)6-8-13/h2-9,14,18H,1H3,(H2,17,19). The summed E-state index contributed by atoms with van der Waals surface area (Å²) in [5.74, 6) is -0.416. The average molecular weight is 275 g/mol. The van der Waals surface area contributed by atoms with Crippen molar-refractivity contribution < 1.29 is 4.79 Å². The Hall–Kier alpha value is -2.00. The van der Waals surface area contributed by atoms with E-state index in [2.05, 4.69) is 5.32 Å². The van der Waals surface area contributed by atoms with Crippen molar-refractivity contribution in [2.75, 3.05) is 5.32 Å². The molecule has 1 amide bonds. The van der Waals surface area contributed by atoms with Gasteiger partial charge in [0, 0.05) is 10.7 Å². The number of hydrogen-bond donors (Lipinski definition) is 2. The molecule has 1 atom stereocenters. The molecule has 2 aromatic carbocycles. The molecule has 1 unspecified atom stereocenters. The highest BCUT2D eigenvalue weighted by Crippen LogP contribution is 2.21. The molecule has 98 valence electrons. The number of aryl methyl sites for hydroxylation is 1. The van der Waals surface area contributed by atoms with Crippen LogP contribution in [-0.4, -0.2) is 5.91 Å². The molecular weight excluding hydrogens is 260 g/mol. The fraction of sp³-hybridized carbons (Fsp3) is 0.133. The lowest BCUT2D eigenvalue weighted by Crippen LogP contribution is -2.27. The molecule has 0 fully saturated rings. The van der Waals surface area contributed by atoms with E-state index in [1.54, 1.807) is 12.1 Å². The molecule has 2 rings (SSSR count). The average Bonchev–Trinajstić information content (AvgIpc) is 2.37. The van der Waals surface area contributed by atoms with Crippen LogP contribution in [0.25, 0.3) is 0 Å². The summed E-state index contributed by atoms with van der Waals surface area (Å²) in [7, 11) is 0. The van der Waals surface area contributed by atoms with Crippen molar-refractivity contribution in [2.45, 2.75) is 13.0 Å². The van der Waals surface area contributed by atoms with Gasteiger partial charge in [-0.1, -0.05) is 41.4 Å². The van der Waals surface area contributed by atoms with E-state index in [-0.39, 0.29) is 0 Å². The third-order valence-electron chi connectivity index (χ3n) is 2.82. The highest BCUT2D eigenvalue weighted by Gasteiger charge is 2.17. The Bertz CT molecular complexity index is 581. The molecule has 0 aliphatic rings. The lowest BCUT2D eigenvalue weighted by molar-refractivity contribution is -0.118. The van der Waals surface area contributed by atoms with Crippen LogP contribution in [0.15, 0.2) is 48.5 Å². The molecule has 0 bridgehead atoms. The van der Waals surface area contributed by atoms with E-state index in [1.165, 1.54) is 0 Å². The Labute approximate surface area is 117 Å². The van der Waals surface area contributed by atoms with Gasteiger partial charge < -0.3 is 11.1 Å². The van der Waals surface area contributed by atoms with Gasteiger partial charge in [0.25, 0.3) is 0 Å². The molecule has 3 N–H and O–H groups in total. The lowest BCUT2D eigenvalue weighted by atomic mass is 10.0. The number of primary amides is 1. The van der Waals surface area contributed by atoms with Gasteiger partial charge in [-0.25, -0.2) is 0 Å². The number of carbonyl (C=O) groups excluding carboxylic acids is 1. The molecule has 0 saturated heterocycles. The topological polar surface area (TPSA) is 55.1 Å². The summed E-state index contributed by atoms with van der Waals surface area (Å²) in [5, 5.41) is 3.77. The van der Waals surface area contributed by atoms with Gasteiger partial charge in [-0.3, -0.25) is 4.79 Å². The minimum absolute atomic E-state index is 0.416. The molecule has 0 spiro atoms. The number of amides is 1. The number of benzene rings is 2. The molecule has 3 nitrogen and oxygen atoms in total. The number of rotatable bonds is 4. The van der Waals surface area contributed by atoms with Crippen LogP contribution < -0.4 is 11.1 Å². The van der Waals surface area contributed by atoms with Crippen LogP contribution in [0.3, 0.4) is 0 Å². The van der Waals surface area contributed by atoms with E-state index in [9.17, 15) is 4.79 Å². The van der Waals surface area contributed by atoms with Crippen molar-refractivity contribution in [1.29, 1.82) is 0 Å². The lowest BCUT2D eigenvalue weighted by Gasteiger charge is -2.17. The molecule has 2 aromatic rings. The minimum atomic E-state index is -0.555. The van der Waals surface area contributed by atoms with E-state index in [0.717, 1.165) is 16.8 Å². The van der Waals surface area contributed by atoms with Gasteiger partial charge in [0.15, 0.2) is 0 Å². The van der Waals surface area contributed by atoms with Crippen molar-refractivity contribution in [1.82, 2.24) is 0 Å². The number of carbonyl (C=O) groups is 1. The summed E-state index contributed by atoms with van der Waals surface area (Å²) in [5.41, 5.74) is 8.20. The Kier molecular flexibility index (Phi) is 4.07. The number of halogens is 1. The monoisotopic (exact) mass is 274 g/mol. The summed E-state index contributed by atoms with van der Waals surface area (Å²) in [6.07, 6.45) is 0. The van der Waals surface area contributed by atoms with Crippen molar-refractivity contribution in [3.05, 3.63) is 64.7 Å². The number of nitrogens with one attached hydrogen (secondary N) is 1. The maximum atomic E-state index is 11.6. The first-order valence-electron chi connectivity index (χ1n) is 5.94. The second kappa shape index (κ2) is 5.76. The molecule has 0 aromatic heterocycles. The van der Waals surface area contributed by atoms with Crippen LogP contribution in [0.2, 0.25) is 5.02 Å². The predicted molar refractivity (Wildman–Crippen MR) is 78.2 cm³/mol. The maximum absolute atomic E-state index is 11.6. The van der Waals surface area contributed by atoms with Crippen molar-refractivity contribution in [3.63, 3.8) is 0 Å². The first kappa shape index (κ1) is 13.4. The second-order valence-corrected chi connectivity index (χ2v) is 4.84. The Balaban J connectivity index is 2.26. The smallest absolute Gasteiger partial charge is 0.244 e. The van der Waals surface area contributed by atoms with Crippen LogP contribution in [0, 0.1) is 6.92 Å². The molecular formula is C15H15ClN2O. The second-order valence-electron chi connectivity index (χ2n) is 4.40. The van der Waals surface area contributed by atoms with Crippen molar-refractivity contribution >= 4 is 23.2 Å². The van der Waals surface area contributed by atoms with Gasteiger partial charge in [0.2, 0.25) is 5.91 Å².